The molecule has 1 atom stereocenters. The molecular weight excluding hydrogens is 270 g/mol. The number of rotatable bonds is 5. The van der Waals surface area contributed by atoms with Gasteiger partial charge < -0.3 is 14.8 Å². The van der Waals surface area contributed by atoms with E-state index >= 15 is 0 Å². The Bertz CT molecular complexity index is 653. The highest BCUT2D eigenvalue weighted by atomic mass is 16.3. The van der Waals surface area contributed by atoms with Crippen LogP contribution in [0.4, 0.5) is 0 Å². The van der Waals surface area contributed by atoms with Crippen LogP contribution in [0.15, 0.2) is 35.0 Å². The molecule has 2 heterocycles. The standard InChI is InChI=1S/C15H19N3O3/c1-11-4-5-13(21-11)6-7-14(19)16-10-15(2,20)12-8-17-18(3)9-12/h4-9,20H,10H2,1-3H3,(H,16,19)/b7-6+. The van der Waals surface area contributed by atoms with E-state index < -0.39 is 5.60 Å². The van der Waals surface area contributed by atoms with Gasteiger partial charge in [-0.3, -0.25) is 9.48 Å². The Labute approximate surface area is 123 Å². The highest BCUT2D eigenvalue weighted by Gasteiger charge is 2.24. The van der Waals surface area contributed by atoms with Gasteiger partial charge >= 0.3 is 0 Å². The lowest BCUT2D eigenvalue weighted by atomic mass is 10.00. The van der Waals surface area contributed by atoms with Gasteiger partial charge in [-0.25, -0.2) is 0 Å². The minimum Gasteiger partial charge on any atom is -0.462 e. The summed E-state index contributed by atoms with van der Waals surface area (Å²) in [5.74, 6) is 1.10. The molecule has 2 N–H and O–H groups in total. The molecule has 0 aliphatic heterocycles. The smallest absolute Gasteiger partial charge is 0.244 e. The number of nitrogens with zero attached hydrogens (tertiary/aromatic N) is 2. The van der Waals surface area contributed by atoms with Crippen molar-refractivity contribution in [3.63, 3.8) is 0 Å². The first-order chi connectivity index (χ1) is 9.87. The molecular formula is C15H19N3O3. The lowest BCUT2D eigenvalue weighted by Gasteiger charge is -2.21. The Kier molecular flexibility index (Phi) is 4.28. The molecule has 0 saturated heterocycles. The van der Waals surface area contributed by atoms with E-state index in [0.29, 0.717) is 11.3 Å². The Morgan fingerprint density at radius 3 is 2.90 bits per heavy atom. The highest BCUT2D eigenvalue weighted by molar-refractivity contribution is 5.91. The first kappa shape index (κ1) is 15.1. The maximum Gasteiger partial charge on any atom is 0.244 e. The van der Waals surface area contributed by atoms with Gasteiger partial charge in [0.2, 0.25) is 5.91 Å². The quantitative estimate of drug-likeness (QED) is 0.814. The molecule has 0 radical (unpaired) electrons. The number of furan rings is 1. The molecule has 0 aromatic carbocycles. The van der Waals surface area contributed by atoms with Crippen LogP contribution in [0.2, 0.25) is 0 Å². The fourth-order valence-electron chi connectivity index (χ4n) is 1.82. The molecule has 6 heteroatoms. The number of nitrogens with one attached hydrogen (secondary N) is 1. The summed E-state index contributed by atoms with van der Waals surface area (Å²) < 4.78 is 6.93. The third-order valence-electron chi connectivity index (χ3n) is 3.09. The van der Waals surface area contributed by atoms with Crippen LogP contribution < -0.4 is 5.32 Å². The Hall–Kier alpha value is -2.34. The van der Waals surface area contributed by atoms with Crippen LogP contribution in [0, 0.1) is 6.92 Å². The SMILES string of the molecule is Cc1ccc(/C=C/C(=O)NCC(C)(O)c2cnn(C)c2)o1. The van der Waals surface area contributed by atoms with Crippen LogP contribution in [0.5, 0.6) is 0 Å². The van der Waals surface area contributed by atoms with Gasteiger partial charge in [-0.05, 0) is 32.1 Å². The molecule has 0 spiro atoms. The monoisotopic (exact) mass is 289 g/mol. The zero-order chi connectivity index (χ0) is 15.5. The summed E-state index contributed by atoms with van der Waals surface area (Å²) in [6.45, 7) is 3.56. The molecule has 0 fully saturated rings. The van der Waals surface area contributed by atoms with Gasteiger partial charge in [0.25, 0.3) is 0 Å². The largest absolute Gasteiger partial charge is 0.462 e. The summed E-state index contributed by atoms with van der Waals surface area (Å²) >= 11 is 0. The Morgan fingerprint density at radius 1 is 1.57 bits per heavy atom. The number of aromatic nitrogens is 2. The summed E-state index contributed by atoms with van der Waals surface area (Å²) in [7, 11) is 1.77. The summed E-state index contributed by atoms with van der Waals surface area (Å²) in [6, 6.07) is 3.61. The van der Waals surface area contributed by atoms with Crippen molar-refractivity contribution < 1.29 is 14.3 Å². The molecule has 0 aliphatic rings. The van der Waals surface area contributed by atoms with E-state index in [1.54, 1.807) is 43.2 Å². The molecule has 2 aromatic heterocycles. The average molecular weight is 289 g/mol. The highest BCUT2D eigenvalue weighted by Crippen LogP contribution is 2.18. The fraction of sp³-hybridized carbons (Fsp3) is 0.333. The number of amides is 1. The van der Waals surface area contributed by atoms with Crippen LogP contribution in [0.3, 0.4) is 0 Å². The molecule has 6 nitrogen and oxygen atoms in total. The maximum absolute atomic E-state index is 11.7. The molecule has 0 saturated carbocycles. The van der Waals surface area contributed by atoms with Crippen LogP contribution in [-0.2, 0) is 17.4 Å². The van der Waals surface area contributed by atoms with E-state index in [1.165, 1.54) is 6.08 Å². The molecule has 2 aromatic rings. The fourth-order valence-corrected chi connectivity index (χ4v) is 1.82. The first-order valence-electron chi connectivity index (χ1n) is 6.61. The zero-order valence-corrected chi connectivity index (χ0v) is 12.3. The van der Waals surface area contributed by atoms with E-state index in [-0.39, 0.29) is 12.5 Å². The zero-order valence-electron chi connectivity index (χ0n) is 12.3. The average Bonchev–Trinajstić information content (AvgIpc) is 3.03. The van der Waals surface area contributed by atoms with E-state index in [1.807, 2.05) is 13.0 Å². The molecule has 0 bridgehead atoms. The van der Waals surface area contributed by atoms with Crippen molar-refractivity contribution in [1.82, 2.24) is 15.1 Å². The molecule has 1 unspecified atom stereocenters. The molecule has 2 rings (SSSR count). The second kappa shape index (κ2) is 5.97. The van der Waals surface area contributed by atoms with Crippen molar-refractivity contribution in [2.45, 2.75) is 19.4 Å². The summed E-state index contributed by atoms with van der Waals surface area (Å²) in [4.78, 5) is 11.7. The number of carbonyl (C=O) groups excluding carboxylic acids is 1. The number of hydrogen-bond donors (Lipinski definition) is 2. The first-order valence-corrected chi connectivity index (χ1v) is 6.61. The van der Waals surface area contributed by atoms with Gasteiger partial charge in [0, 0.05) is 24.9 Å². The van der Waals surface area contributed by atoms with E-state index in [9.17, 15) is 9.90 Å². The minimum atomic E-state index is -1.17. The Balaban J connectivity index is 1.90. The van der Waals surface area contributed by atoms with Gasteiger partial charge in [-0.1, -0.05) is 0 Å². The van der Waals surface area contributed by atoms with Crippen LogP contribution in [0.1, 0.15) is 24.0 Å². The topological polar surface area (TPSA) is 80.3 Å². The molecule has 21 heavy (non-hydrogen) atoms. The number of aliphatic hydroxyl groups is 1. The second-order valence-corrected chi connectivity index (χ2v) is 5.18. The van der Waals surface area contributed by atoms with Crippen molar-refractivity contribution in [2.75, 3.05) is 6.54 Å². The van der Waals surface area contributed by atoms with Crippen LogP contribution in [0.25, 0.3) is 6.08 Å². The third-order valence-corrected chi connectivity index (χ3v) is 3.09. The normalized spacial score (nSPS) is 14.3. The van der Waals surface area contributed by atoms with Gasteiger partial charge in [0.1, 0.15) is 17.1 Å². The lowest BCUT2D eigenvalue weighted by Crippen LogP contribution is -2.37. The number of aryl methyl sites for hydroxylation is 2. The van der Waals surface area contributed by atoms with Crippen molar-refractivity contribution in [3.8, 4) is 0 Å². The minimum absolute atomic E-state index is 0.0963. The Morgan fingerprint density at radius 2 is 2.33 bits per heavy atom. The predicted molar refractivity (Wildman–Crippen MR) is 78.3 cm³/mol. The van der Waals surface area contributed by atoms with E-state index in [4.69, 9.17) is 4.42 Å². The summed E-state index contributed by atoms with van der Waals surface area (Å²) in [5, 5.41) is 17.0. The summed E-state index contributed by atoms with van der Waals surface area (Å²) in [6.07, 6.45) is 6.25. The van der Waals surface area contributed by atoms with Crippen molar-refractivity contribution >= 4 is 12.0 Å². The third kappa shape index (κ3) is 4.06. The molecule has 112 valence electrons. The number of hydrogen-bond acceptors (Lipinski definition) is 4. The van der Waals surface area contributed by atoms with Gasteiger partial charge in [-0.15, -0.1) is 0 Å². The van der Waals surface area contributed by atoms with Crippen molar-refractivity contribution in [1.29, 1.82) is 0 Å². The van der Waals surface area contributed by atoms with Crippen molar-refractivity contribution in [2.24, 2.45) is 7.05 Å². The van der Waals surface area contributed by atoms with E-state index in [2.05, 4.69) is 10.4 Å². The van der Waals surface area contributed by atoms with Gasteiger partial charge in [0.05, 0.1) is 12.7 Å². The van der Waals surface area contributed by atoms with Crippen LogP contribution in [-0.4, -0.2) is 27.3 Å². The molecule has 1 amide bonds. The van der Waals surface area contributed by atoms with Crippen LogP contribution >= 0.6 is 0 Å². The predicted octanol–water partition coefficient (Wildman–Crippen LogP) is 1.36. The molecule has 0 aliphatic carbocycles. The van der Waals surface area contributed by atoms with Gasteiger partial charge in [0.15, 0.2) is 0 Å². The summed E-state index contributed by atoms with van der Waals surface area (Å²) in [5.41, 5.74) is -0.519. The maximum atomic E-state index is 11.7. The van der Waals surface area contributed by atoms with Crippen molar-refractivity contribution in [3.05, 3.63) is 47.7 Å². The van der Waals surface area contributed by atoms with E-state index in [0.717, 1.165) is 5.76 Å². The van der Waals surface area contributed by atoms with Gasteiger partial charge in [-0.2, -0.15) is 5.10 Å². The second-order valence-electron chi connectivity index (χ2n) is 5.18. The lowest BCUT2D eigenvalue weighted by molar-refractivity contribution is -0.117. The number of carbonyl (C=O) groups is 1.